The summed E-state index contributed by atoms with van der Waals surface area (Å²) < 4.78 is 0. The Balaban J connectivity index is 0.000000518. The van der Waals surface area contributed by atoms with E-state index in [0.717, 1.165) is 0 Å². The third-order valence-electron chi connectivity index (χ3n) is 3.81. The second-order valence-electron chi connectivity index (χ2n) is 6.08. The second kappa shape index (κ2) is 17.3. The minimum Gasteiger partial charge on any atom is -0.739 e. The van der Waals surface area contributed by atoms with Crippen molar-refractivity contribution in [3.05, 3.63) is 139 Å². The third kappa shape index (κ3) is 10.7. The molecule has 1 radical (unpaired) electrons. The van der Waals surface area contributed by atoms with Gasteiger partial charge in [0, 0.05) is 0 Å². The number of rotatable bonds is 3. The van der Waals surface area contributed by atoms with Crippen molar-refractivity contribution in [3.63, 3.8) is 0 Å². The summed E-state index contributed by atoms with van der Waals surface area (Å²) in [7, 11) is 0. The number of nitrogens with zero attached hydrogens (tertiary/aromatic N) is 6. The van der Waals surface area contributed by atoms with Crippen molar-refractivity contribution in [1.82, 2.24) is 0 Å². The van der Waals surface area contributed by atoms with E-state index in [-0.39, 0.29) is 34.1 Å². The Hall–Kier alpha value is -5.20. The molecule has 0 unspecified atom stereocenters. The van der Waals surface area contributed by atoms with E-state index in [0.29, 0.717) is 0 Å². The molecule has 0 N–H and O–H groups in total. The van der Waals surface area contributed by atoms with Crippen LogP contribution >= 0.6 is 0 Å². The van der Waals surface area contributed by atoms with Crippen LogP contribution in [-0.2, 0) is 17.4 Å². The number of hydrogen-bond acceptors (Lipinski definition) is 12. The maximum atomic E-state index is 10.9. The summed E-state index contributed by atoms with van der Waals surface area (Å²) in [5.41, 5.74) is 0.436. The van der Waals surface area contributed by atoms with Crippen molar-refractivity contribution in [1.29, 1.82) is 0 Å². The molecule has 3 aromatic rings. The maximum absolute atomic E-state index is 10.9. The zero-order valence-corrected chi connectivity index (χ0v) is 19.7. The van der Waals surface area contributed by atoms with Gasteiger partial charge in [0.25, 0.3) is 0 Å². The molecule has 3 aromatic carbocycles. The average molecular weight is 547 g/mol. The molecule has 0 heterocycles. The van der Waals surface area contributed by atoms with Crippen molar-refractivity contribution in [2.75, 3.05) is 0 Å². The summed E-state index contributed by atoms with van der Waals surface area (Å²) in [6.07, 6.45) is 0. The van der Waals surface area contributed by atoms with E-state index in [1.54, 1.807) is 54.6 Å². The first-order chi connectivity index (χ1) is 17.3. The van der Waals surface area contributed by atoms with Gasteiger partial charge < -0.3 is 31.2 Å². The van der Waals surface area contributed by atoms with Crippen LogP contribution in [0.15, 0.2) is 107 Å². The first-order valence-corrected chi connectivity index (χ1v) is 9.46. The first-order valence-electron chi connectivity index (χ1n) is 9.46. The number of hydrogen-bond donors (Lipinski definition) is 0. The maximum Gasteiger partial charge on any atom is 3.00 e. The van der Waals surface area contributed by atoms with E-state index >= 15 is 0 Å². The molecule has 0 atom stereocenters. The molecule has 0 aliphatic carbocycles. The molecule has 0 aliphatic heterocycles. The zero-order valence-electron chi connectivity index (χ0n) is 18.4. The molecule has 0 aromatic heterocycles. The van der Waals surface area contributed by atoms with Crippen LogP contribution in [0.4, 0.5) is 0 Å². The zero-order chi connectivity index (χ0) is 26.9. The van der Waals surface area contributed by atoms with Gasteiger partial charge in [-0.05, 0) is 66.8 Å². The van der Waals surface area contributed by atoms with Crippen LogP contribution in [0.25, 0.3) is 0 Å². The van der Waals surface area contributed by atoms with E-state index in [2.05, 4.69) is 0 Å². The Bertz CT molecular complexity index is 1090. The van der Waals surface area contributed by atoms with Gasteiger partial charge in [-0.3, -0.25) is 0 Å². The molecule has 3 amide bonds. The molecule has 0 saturated heterocycles. The first kappa shape index (κ1) is 31.8. The topological polar surface area (TPSA) is 236 Å². The van der Waals surface area contributed by atoms with Crippen LogP contribution in [0.3, 0.4) is 0 Å². The van der Waals surface area contributed by atoms with Gasteiger partial charge in [0.2, 0.25) is 0 Å². The Morgan fingerprint density at radius 1 is 0.459 bits per heavy atom. The summed E-state index contributed by atoms with van der Waals surface area (Å²) in [6.45, 7) is 0. The largest absolute Gasteiger partial charge is 3.00 e. The fourth-order valence-corrected chi connectivity index (χ4v) is 2.18. The molecular weight excluding hydrogens is 532 g/mol. The molecule has 0 aliphatic rings. The Labute approximate surface area is 218 Å². The van der Waals surface area contributed by atoms with Crippen molar-refractivity contribution in [3.8, 4) is 0 Å². The quantitative estimate of drug-likeness (QED) is 0.262. The minimum atomic E-state index is -0.953. The van der Waals surface area contributed by atoms with Gasteiger partial charge in [-0.15, -0.1) is 0 Å². The molecule has 37 heavy (non-hydrogen) atoms. The number of carbonyl (C=O) groups is 3. The van der Waals surface area contributed by atoms with Crippen LogP contribution in [0.1, 0.15) is 31.1 Å². The molecule has 0 spiro atoms. The molecule has 0 fully saturated rings. The van der Waals surface area contributed by atoms with Crippen molar-refractivity contribution in [2.24, 2.45) is 15.8 Å². The molecule has 0 bridgehead atoms. The Kier molecular flexibility index (Phi) is 14.8. The summed E-state index contributed by atoms with van der Waals surface area (Å²) >= 11 is 0. The standard InChI is InChI=1S/3C7H6N2O3.Cr/c3*10-7(9(12)8-11)6-4-2-1-3-5-6;/h3*1-5,11H;/q;;;+3/p-3. The third-order valence-corrected chi connectivity index (χ3v) is 3.81. The molecule has 189 valence electrons. The summed E-state index contributed by atoms with van der Waals surface area (Å²) in [5, 5.41) is 66.0. The van der Waals surface area contributed by atoms with E-state index < -0.39 is 32.3 Å². The number of amides is 3. The predicted octanol–water partition coefficient (Wildman–Crippen LogP) is 3.86. The predicted molar refractivity (Wildman–Crippen MR) is 121 cm³/mol. The SMILES string of the molecule is O=C(c1ccccc1)[N+]([O-])=N[O-].O=C(c1ccccc1)[N+]([O-])=N[O-].O=C(c1ccccc1)[N+]([O-])=N[O-].[Cr+3]. The molecule has 0 saturated carbocycles. The van der Waals surface area contributed by atoms with Gasteiger partial charge in [-0.25, -0.2) is 14.4 Å². The van der Waals surface area contributed by atoms with Crippen LogP contribution in [-0.4, -0.2) is 32.3 Å². The van der Waals surface area contributed by atoms with Gasteiger partial charge in [-0.1, -0.05) is 54.6 Å². The number of benzene rings is 3. The fraction of sp³-hybridized carbons (Fsp3) is 0. The fourth-order valence-electron chi connectivity index (χ4n) is 2.18. The van der Waals surface area contributed by atoms with E-state index in [4.69, 9.17) is 0 Å². The van der Waals surface area contributed by atoms with Gasteiger partial charge in [0.05, 0.1) is 16.7 Å². The van der Waals surface area contributed by atoms with E-state index in [9.17, 15) is 45.6 Å². The Morgan fingerprint density at radius 3 is 0.811 bits per heavy atom. The normalized spacial score (nSPS) is 10.9. The molecule has 15 nitrogen and oxygen atoms in total. The Morgan fingerprint density at radius 2 is 0.649 bits per heavy atom. The molecular formula is C21H15CrN6O9. The smallest absolute Gasteiger partial charge is 0.739 e. The van der Waals surface area contributed by atoms with Gasteiger partial charge in [0.15, 0.2) is 0 Å². The van der Waals surface area contributed by atoms with Gasteiger partial charge >= 0.3 is 35.1 Å². The van der Waals surface area contributed by atoms with E-state index in [1.807, 2.05) is 15.8 Å². The monoisotopic (exact) mass is 547 g/mol. The second-order valence-corrected chi connectivity index (χ2v) is 6.08. The summed E-state index contributed by atoms with van der Waals surface area (Å²) in [6, 6.07) is 23.2. The number of carbonyl (C=O) groups excluding carboxylic acids is 3. The van der Waals surface area contributed by atoms with Crippen molar-refractivity contribution >= 4 is 17.7 Å². The van der Waals surface area contributed by atoms with Crippen molar-refractivity contribution < 1.29 is 46.3 Å². The van der Waals surface area contributed by atoms with Crippen LogP contribution < -0.4 is 0 Å². The van der Waals surface area contributed by atoms with Crippen molar-refractivity contribution in [2.45, 2.75) is 0 Å². The average Bonchev–Trinajstić information content (AvgIpc) is 2.96. The number of hydroxylamine groups is 3. The van der Waals surface area contributed by atoms with Crippen LogP contribution in [0, 0.1) is 31.2 Å². The summed E-state index contributed by atoms with van der Waals surface area (Å²) in [5.74, 6) is -2.86. The van der Waals surface area contributed by atoms with E-state index in [1.165, 1.54) is 36.4 Å². The van der Waals surface area contributed by atoms with Gasteiger partial charge in [-0.2, -0.15) is 0 Å². The molecule has 3 rings (SSSR count). The van der Waals surface area contributed by atoms with Crippen LogP contribution in [0.5, 0.6) is 0 Å². The van der Waals surface area contributed by atoms with Gasteiger partial charge in [0.1, 0.15) is 0 Å². The van der Waals surface area contributed by atoms with Crippen LogP contribution in [0.2, 0.25) is 0 Å². The minimum absolute atomic E-state index is 0. The molecule has 16 heteroatoms. The summed E-state index contributed by atoms with van der Waals surface area (Å²) in [4.78, 5) is 31.2.